The molecule has 0 spiro atoms. The number of carbonyl (C=O) groups excluding carboxylic acids is 4. The minimum Gasteiger partial charge on any atom is -0.445 e. The summed E-state index contributed by atoms with van der Waals surface area (Å²) in [6.07, 6.45) is 3.02. The lowest BCUT2D eigenvalue weighted by atomic mass is 10.0. The number of hydrogen-bond acceptors (Lipinski definition) is 6. The van der Waals surface area contributed by atoms with Crippen LogP contribution in [0.2, 0.25) is 0 Å². The standard InChI is InChI=1S/C31H43N7O5/c1-22(2)26(19-35-27(39)17-16-23-11-6-4-7-12-23)36-28(40)20-38(3)29(41)25(15-10-18-34-30(32)33)37-31(42)43-21-24-13-8-5-9-14-24/h4-9,11-14,16-17,22,25-26H,10,15,18-21H2,1-3H3,(H,35,39)(H,36,40)(H,37,42)(H4,32,33,34)/b17-16+/t25-,26+/m0/s1. The summed E-state index contributed by atoms with van der Waals surface area (Å²) in [5.74, 6) is -1.37. The van der Waals surface area contributed by atoms with Crippen LogP contribution in [0.4, 0.5) is 4.79 Å². The van der Waals surface area contributed by atoms with Gasteiger partial charge in [-0.05, 0) is 36.0 Å². The van der Waals surface area contributed by atoms with Crippen molar-refractivity contribution < 1.29 is 23.9 Å². The normalized spacial score (nSPS) is 12.2. The van der Waals surface area contributed by atoms with E-state index in [4.69, 9.17) is 15.9 Å². The maximum Gasteiger partial charge on any atom is 0.408 e. The lowest BCUT2D eigenvalue weighted by Crippen LogP contribution is -2.52. The molecule has 0 heterocycles. The molecular weight excluding hydrogens is 550 g/mol. The van der Waals surface area contributed by atoms with E-state index in [0.717, 1.165) is 11.1 Å². The van der Waals surface area contributed by atoms with Crippen molar-refractivity contribution in [3.05, 3.63) is 77.9 Å². The number of hydrogen-bond donors (Lipinski definition) is 6. The number of rotatable bonds is 16. The first-order chi connectivity index (χ1) is 20.5. The van der Waals surface area contributed by atoms with Gasteiger partial charge in [-0.3, -0.25) is 19.8 Å². The summed E-state index contributed by atoms with van der Waals surface area (Å²) in [6.45, 7) is 4.15. The molecule has 0 aliphatic rings. The van der Waals surface area contributed by atoms with E-state index >= 15 is 0 Å². The average Bonchev–Trinajstić information content (AvgIpc) is 2.99. The fourth-order valence-electron chi connectivity index (χ4n) is 3.96. The summed E-state index contributed by atoms with van der Waals surface area (Å²) in [7, 11) is 1.47. The van der Waals surface area contributed by atoms with Gasteiger partial charge in [-0.2, -0.15) is 0 Å². The number of benzene rings is 2. The molecule has 2 aromatic carbocycles. The Balaban J connectivity index is 1.92. The largest absolute Gasteiger partial charge is 0.445 e. The minimum absolute atomic E-state index is 0.00550. The fraction of sp³-hybridized carbons (Fsp3) is 0.387. The predicted molar refractivity (Wildman–Crippen MR) is 166 cm³/mol. The fourth-order valence-corrected chi connectivity index (χ4v) is 3.96. The van der Waals surface area contributed by atoms with Crippen LogP contribution in [0.25, 0.3) is 6.08 Å². The molecule has 2 aromatic rings. The summed E-state index contributed by atoms with van der Waals surface area (Å²) in [5, 5.41) is 18.2. The van der Waals surface area contributed by atoms with Crippen LogP contribution in [0.3, 0.4) is 0 Å². The second kappa shape index (κ2) is 18.5. The molecule has 0 saturated carbocycles. The number of nitrogens with two attached hydrogens (primary N) is 1. The number of guanidine groups is 1. The first kappa shape index (κ1) is 34.3. The number of nitrogens with zero attached hydrogens (tertiary/aromatic N) is 1. The van der Waals surface area contributed by atoms with Gasteiger partial charge in [0.2, 0.25) is 17.7 Å². The zero-order chi connectivity index (χ0) is 31.6. The van der Waals surface area contributed by atoms with E-state index < -0.39 is 23.9 Å². The van der Waals surface area contributed by atoms with E-state index in [1.165, 1.54) is 18.0 Å². The van der Waals surface area contributed by atoms with E-state index in [1.54, 1.807) is 6.08 Å². The Kier molecular flexibility index (Phi) is 14.8. The highest BCUT2D eigenvalue weighted by Gasteiger charge is 2.26. The number of ether oxygens (including phenoxy) is 1. The van der Waals surface area contributed by atoms with Crippen molar-refractivity contribution in [2.24, 2.45) is 11.7 Å². The highest BCUT2D eigenvalue weighted by molar-refractivity contribution is 5.92. The molecule has 2 rings (SSSR count). The van der Waals surface area contributed by atoms with Crippen LogP contribution in [0, 0.1) is 11.3 Å². The van der Waals surface area contributed by atoms with E-state index in [-0.39, 0.29) is 49.9 Å². The first-order valence-corrected chi connectivity index (χ1v) is 14.2. The molecule has 232 valence electrons. The van der Waals surface area contributed by atoms with Crippen LogP contribution < -0.4 is 27.0 Å². The van der Waals surface area contributed by atoms with Crippen molar-refractivity contribution in [2.75, 3.05) is 26.7 Å². The van der Waals surface area contributed by atoms with Gasteiger partial charge in [0.15, 0.2) is 5.96 Å². The second-order valence-electron chi connectivity index (χ2n) is 10.3. The lowest BCUT2D eigenvalue weighted by molar-refractivity contribution is -0.136. The van der Waals surface area contributed by atoms with Gasteiger partial charge in [0.1, 0.15) is 12.6 Å². The number of nitrogens with one attached hydrogen (secondary N) is 5. The van der Waals surface area contributed by atoms with Gasteiger partial charge in [0, 0.05) is 32.3 Å². The third kappa shape index (κ3) is 14.0. The van der Waals surface area contributed by atoms with Crippen LogP contribution in [0.5, 0.6) is 0 Å². The molecular formula is C31H43N7O5. The van der Waals surface area contributed by atoms with Crippen molar-refractivity contribution in [1.82, 2.24) is 26.2 Å². The Morgan fingerprint density at radius 2 is 1.63 bits per heavy atom. The minimum atomic E-state index is -0.966. The van der Waals surface area contributed by atoms with Gasteiger partial charge < -0.3 is 36.6 Å². The molecule has 0 saturated heterocycles. The Hall–Kier alpha value is -4.87. The molecule has 0 aliphatic heterocycles. The molecule has 43 heavy (non-hydrogen) atoms. The maximum absolute atomic E-state index is 13.3. The lowest BCUT2D eigenvalue weighted by Gasteiger charge is -2.26. The zero-order valence-electron chi connectivity index (χ0n) is 25.0. The molecule has 12 nitrogen and oxygen atoms in total. The topological polar surface area (TPSA) is 179 Å². The Morgan fingerprint density at radius 3 is 2.26 bits per heavy atom. The summed E-state index contributed by atoms with van der Waals surface area (Å²) in [4.78, 5) is 52.2. The van der Waals surface area contributed by atoms with Gasteiger partial charge in [-0.15, -0.1) is 0 Å². The van der Waals surface area contributed by atoms with Crippen LogP contribution >= 0.6 is 0 Å². The number of likely N-dealkylation sites (N-methyl/N-ethyl adjacent to an activating group) is 1. The van der Waals surface area contributed by atoms with Gasteiger partial charge >= 0.3 is 6.09 Å². The van der Waals surface area contributed by atoms with Gasteiger partial charge in [0.05, 0.1) is 6.54 Å². The average molecular weight is 594 g/mol. The molecule has 12 heteroatoms. The molecule has 0 bridgehead atoms. The quantitative estimate of drug-likeness (QED) is 0.0745. The summed E-state index contributed by atoms with van der Waals surface area (Å²) in [5.41, 5.74) is 7.01. The second-order valence-corrected chi connectivity index (χ2v) is 10.3. The van der Waals surface area contributed by atoms with Crippen LogP contribution in [0.15, 0.2) is 66.7 Å². The van der Waals surface area contributed by atoms with Crippen LogP contribution in [0.1, 0.15) is 37.8 Å². The molecule has 0 aromatic heterocycles. The van der Waals surface area contributed by atoms with Crippen LogP contribution in [-0.4, -0.2) is 73.4 Å². The highest BCUT2D eigenvalue weighted by Crippen LogP contribution is 2.06. The monoisotopic (exact) mass is 593 g/mol. The molecule has 4 amide bonds. The maximum atomic E-state index is 13.3. The predicted octanol–water partition coefficient (Wildman–Crippen LogP) is 1.97. The summed E-state index contributed by atoms with van der Waals surface area (Å²) in [6, 6.07) is 17.2. The Labute approximate surface area is 252 Å². The molecule has 0 aliphatic carbocycles. The number of alkyl carbamates (subject to hydrolysis) is 1. The van der Waals surface area contributed by atoms with E-state index in [0.29, 0.717) is 13.0 Å². The molecule has 0 unspecified atom stereocenters. The summed E-state index contributed by atoms with van der Waals surface area (Å²) >= 11 is 0. The van der Waals surface area contributed by atoms with Crippen molar-refractivity contribution in [3.63, 3.8) is 0 Å². The molecule has 0 fully saturated rings. The van der Waals surface area contributed by atoms with Gasteiger partial charge in [-0.1, -0.05) is 74.5 Å². The number of amides is 4. The highest BCUT2D eigenvalue weighted by atomic mass is 16.5. The Morgan fingerprint density at radius 1 is 0.977 bits per heavy atom. The molecule has 7 N–H and O–H groups in total. The zero-order valence-corrected chi connectivity index (χ0v) is 25.0. The molecule has 0 radical (unpaired) electrons. The Bertz CT molecular complexity index is 1220. The van der Waals surface area contributed by atoms with E-state index in [2.05, 4.69) is 21.3 Å². The van der Waals surface area contributed by atoms with Crippen molar-refractivity contribution in [1.29, 1.82) is 5.41 Å². The smallest absolute Gasteiger partial charge is 0.408 e. The first-order valence-electron chi connectivity index (χ1n) is 14.2. The molecule has 2 atom stereocenters. The van der Waals surface area contributed by atoms with Crippen molar-refractivity contribution in [3.8, 4) is 0 Å². The van der Waals surface area contributed by atoms with E-state index in [9.17, 15) is 19.2 Å². The van der Waals surface area contributed by atoms with Crippen molar-refractivity contribution >= 4 is 35.9 Å². The van der Waals surface area contributed by atoms with E-state index in [1.807, 2.05) is 74.5 Å². The third-order valence-corrected chi connectivity index (χ3v) is 6.42. The SMILES string of the molecule is CC(C)[C@@H](CNC(=O)/C=C/c1ccccc1)NC(=O)CN(C)C(=O)[C@H](CCCNC(=N)N)NC(=O)OCc1ccccc1. The summed E-state index contributed by atoms with van der Waals surface area (Å²) < 4.78 is 5.27. The van der Waals surface area contributed by atoms with Gasteiger partial charge in [0.25, 0.3) is 0 Å². The van der Waals surface area contributed by atoms with Crippen LogP contribution in [-0.2, 0) is 25.7 Å². The van der Waals surface area contributed by atoms with Crippen molar-refractivity contribution in [2.45, 2.75) is 45.4 Å². The number of carbonyl (C=O) groups is 4. The third-order valence-electron chi connectivity index (χ3n) is 6.42. The van der Waals surface area contributed by atoms with Gasteiger partial charge in [-0.25, -0.2) is 4.79 Å².